The average Bonchev–Trinajstić information content (AvgIpc) is 3.23. The highest BCUT2D eigenvalue weighted by Gasteiger charge is 2.49. The number of hydrogen-bond donors (Lipinski definition) is 1. The van der Waals surface area contributed by atoms with Crippen molar-refractivity contribution in [3.05, 3.63) is 83.7 Å². The third-order valence-electron chi connectivity index (χ3n) is 6.17. The molecule has 0 spiro atoms. The number of likely N-dealkylation sites (tertiary alicyclic amines) is 1. The third kappa shape index (κ3) is 3.93. The molecule has 31 heavy (non-hydrogen) atoms. The van der Waals surface area contributed by atoms with Crippen LogP contribution >= 0.6 is 0 Å². The van der Waals surface area contributed by atoms with Crippen LogP contribution in [0.15, 0.2) is 66.7 Å². The predicted molar refractivity (Wildman–Crippen MR) is 123 cm³/mol. The normalized spacial score (nSPS) is 18.7. The zero-order valence-corrected chi connectivity index (χ0v) is 18.4. The fraction of sp³-hybridized carbons (Fsp3) is 0.308. The van der Waals surface area contributed by atoms with E-state index in [0.29, 0.717) is 6.54 Å². The Hall–Kier alpha value is -3.18. The Morgan fingerprint density at radius 1 is 1.10 bits per heavy atom. The molecule has 4 rings (SSSR count). The fourth-order valence-corrected chi connectivity index (χ4v) is 4.65. The standard InChI is InChI=1S/C26H29N3O2/c1-19-9-7-12-24(28-19)26(25(30)27-2)15-8-16-29(26)18-22-17-21(13-14-23(22)31-3)20-10-5-4-6-11-20/h4-7,9-14,17H,8,15-16,18H2,1-3H3,(H,27,30)/t26-/m0/s1. The summed E-state index contributed by atoms with van der Waals surface area (Å²) in [5, 5.41) is 2.90. The molecule has 5 heteroatoms. The van der Waals surface area contributed by atoms with Gasteiger partial charge in [0.25, 0.3) is 0 Å². The molecule has 160 valence electrons. The van der Waals surface area contributed by atoms with Crippen molar-refractivity contribution in [3.63, 3.8) is 0 Å². The molecular weight excluding hydrogens is 386 g/mol. The minimum atomic E-state index is -0.783. The van der Waals surface area contributed by atoms with Crippen LogP contribution in [0.1, 0.15) is 29.8 Å². The Labute approximate surface area is 184 Å². The zero-order chi connectivity index (χ0) is 21.8. The van der Waals surface area contributed by atoms with Gasteiger partial charge in [-0.2, -0.15) is 0 Å². The molecule has 1 fully saturated rings. The van der Waals surface area contributed by atoms with E-state index in [1.54, 1.807) is 14.2 Å². The maximum Gasteiger partial charge on any atom is 0.246 e. The maximum atomic E-state index is 13.3. The van der Waals surface area contributed by atoms with Gasteiger partial charge in [-0.15, -0.1) is 0 Å². The number of aromatic nitrogens is 1. The first kappa shape index (κ1) is 21.1. The molecule has 0 unspecified atom stereocenters. The van der Waals surface area contributed by atoms with Gasteiger partial charge in [0.05, 0.1) is 12.8 Å². The van der Waals surface area contributed by atoms with E-state index in [-0.39, 0.29) is 5.91 Å². The first-order valence-corrected chi connectivity index (χ1v) is 10.7. The number of ether oxygens (including phenoxy) is 1. The molecular formula is C26H29N3O2. The Balaban J connectivity index is 1.76. The number of rotatable bonds is 6. The summed E-state index contributed by atoms with van der Waals surface area (Å²) >= 11 is 0. The summed E-state index contributed by atoms with van der Waals surface area (Å²) in [5.74, 6) is 0.816. The second-order valence-corrected chi connectivity index (χ2v) is 8.02. The van der Waals surface area contributed by atoms with E-state index in [4.69, 9.17) is 9.72 Å². The summed E-state index contributed by atoms with van der Waals surface area (Å²) in [6.45, 7) is 3.39. The maximum absolute atomic E-state index is 13.3. The predicted octanol–water partition coefficient (Wildman–Crippen LogP) is 4.30. The Kier molecular flexibility index (Phi) is 6.05. The Morgan fingerprint density at radius 3 is 2.61 bits per heavy atom. The van der Waals surface area contributed by atoms with Gasteiger partial charge in [0.2, 0.25) is 5.91 Å². The summed E-state index contributed by atoms with van der Waals surface area (Å²) in [7, 11) is 3.39. The smallest absolute Gasteiger partial charge is 0.246 e. The van der Waals surface area contributed by atoms with E-state index < -0.39 is 5.54 Å². The molecule has 5 nitrogen and oxygen atoms in total. The lowest BCUT2D eigenvalue weighted by molar-refractivity contribution is -0.132. The molecule has 0 aliphatic carbocycles. The van der Waals surface area contributed by atoms with Gasteiger partial charge in [0, 0.05) is 24.8 Å². The molecule has 0 bridgehead atoms. The van der Waals surface area contributed by atoms with Gasteiger partial charge >= 0.3 is 0 Å². The van der Waals surface area contributed by atoms with Crippen molar-refractivity contribution >= 4 is 5.91 Å². The molecule has 0 saturated carbocycles. The fourth-order valence-electron chi connectivity index (χ4n) is 4.65. The van der Waals surface area contributed by atoms with E-state index in [9.17, 15) is 4.79 Å². The lowest BCUT2D eigenvalue weighted by Crippen LogP contribution is -2.52. The molecule has 1 atom stereocenters. The number of nitrogens with one attached hydrogen (secondary N) is 1. The number of methoxy groups -OCH3 is 1. The Morgan fingerprint density at radius 2 is 1.90 bits per heavy atom. The van der Waals surface area contributed by atoms with Crippen LogP contribution in [0.3, 0.4) is 0 Å². The minimum Gasteiger partial charge on any atom is -0.496 e. The van der Waals surface area contributed by atoms with E-state index in [1.165, 1.54) is 0 Å². The van der Waals surface area contributed by atoms with Crippen molar-refractivity contribution in [3.8, 4) is 16.9 Å². The topological polar surface area (TPSA) is 54.5 Å². The first-order chi connectivity index (χ1) is 15.1. The second-order valence-electron chi connectivity index (χ2n) is 8.02. The summed E-state index contributed by atoms with van der Waals surface area (Å²) in [5.41, 5.74) is 4.29. The molecule has 1 aromatic heterocycles. The quantitative estimate of drug-likeness (QED) is 0.652. The van der Waals surface area contributed by atoms with Crippen molar-refractivity contribution in [1.82, 2.24) is 15.2 Å². The van der Waals surface area contributed by atoms with E-state index >= 15 is 0 Å². The summed E-state index contributed by atoms with van der Waals surface area (Å²) in [6, 6.07) is 22.5. The molecule has 1 amide bonds. The molecule has 1 aliphatic heterocycles. The van der Waals surface area contributed by atoms with Crippen molar-refractivity contribution in [1.29, 1.82) is 0 Å². The van der Waals surface area contributed by atoms with Crippen LogP contribution < -0.4 is 10.1 Å². The van der Waals surface area contributed by atoms with Gasteiger partial charge in [0.15, 0.2) is 0 Å². The molecule has 2 aromatic carbocycles. The van der Waals surface area contributed by atoms with Crippen LogP contribution in [0.2, 0.25) is 0 Å². The number of carbonyl (C=O) groups is 1. The second kappa shape index (κ2) is 8.90. The highest BCUT2D eigenvalue weighted by atomic mass is 16.5. The summed E-state index contributed by atoms with van der Waals surface area (Å²) in [4.78, 5) is 20.3. The van der Waals surface area contributed by atoms with E-state index in [1.807, 2.05) is 49.4 Å². The van der Waals surface area contributed by atoms with E-state index in [0.717, 1.165) is 53.2 Å². The molecule has 0 radical (unpaired) electrons. The minimum absolute atomic E-state index is 0.0127. The average molecular weight is 416 g/mol. The number of likely N-dealkylation sites (N-methyl/N-ethyl adjacent to an activating group) is 1. The van der Waals surface area contributed by atoms with Crippen molar-refractivity contribution in [2.75, 3.05) is 20.7 Å². The van der Waals surface area contributed by atoms with Gasteiger partial charge in [0.1, 0.15) is 11.3 Å². The lowest BCUT2D eigenvalue weighted by atomic mass is 9.89. The zero-order valence-electron chi connectivity index (χ0n) is 18.4. The van der Waals surface area contributed by atoms with Crippen LogP contribution in [0.25, 0.3) is 11.1 Å². The van der Waals surface area contributed by atoms with Gasteiger partial charge in [-0.3, -0.25) is 14.7 Å². The van der Waals surface area contributed by atoms with Crippen molar-refractivity contribution in [2.24, 2.45) is 0 Å². The number of carbonyl (C=O) groups excluding carboxylic acids is 1. The van der Waals surface area contributed by atoms with Crippen LogP contribution in [0.4, 0.5) is 0 Å². The monoisotopic (exact) mass is 415 g/mol. The largest absolute Gasteiger partial charge is 0.496 e. The molecule has 3 aromatic rings. The van der Waals surface area contributed by atoms with E-state index in [2.05, 4.69) is 34.5 Å². The highest BCUT2D eigenvalue weighted by Crippen LogP contribution is 2.41. The molecule has 1 saturated heterocycles. The number of benzene rings is 2. The van der Waals surface area contributed by atoms with Gasteiger partial charge in [-0.25, -0.2) is 0 Å². The molecule has 1 N–H and O–H groups in total. The van der Waals surface area contributed by atoms with Crippen LogP contribution in [-0.4, -0.2) is 36.5 Å². The lowest BCUT2D eigenvalue weighted by Gasteiger charge is -2.37. The number of amides is 1. The first-order valence-electron chi connectivity index (χ1n) is 10.7. The van der Waals surface area contributed by atoms with Crippen LogP contribution in [0, 0.1) is 6.92 Å². The van der Waals surface area contributed by atoms with Crippen molar-refractivity contribution in [2.45, 2.75) is 31.8 Å². The van der Waals surface area contributed by atoms with Crippen LogP contribution in [0.5, 0.6) is 5.75 Å². The third-order valence-corrected chi connectivity index (χ3v) is 6.17. The molecule has 2 heterocycles. The van der Waals surface area contributed by atoms with Crippen LogP contribution in [-0.2, 0) is 16.9 Å². The van der Waals surface area contributed by atoms with Crippen molar-refractivity contribution < 1.29 is 9.53 Å². The summed E-state index contributed by atoms with van der Waals surface area (Å²) in [6.07, 6.45) is 1.67. The molecule has 1 aliphatic rings. The number of aryl methyl sites for hydroxylation is 1. The SMILES string of the molecule is CNC(=O)[C@@]1(c2cccc(C)n2)CCCN1Cc1cc(-c2ccccc2)ccc1OC. The Bertz CT molecular complexity index is 1070. The number of hydrogen-bond acceptors (Lipinski definition) is 4. The summed E-state index contributed by atoms with van der Waals surface area (Å²) < 4.78 is 5.68. The van der Waals surface area contributed by atoms with Gasteiger partial charge in [-0.1, -0.05) is 42.5 Å². The van der Waals surface area contributed by atoms with Gasteiger partial charge < -0.3 is 10.1 Å². The number of nitrogens with zero attached hydrogens (tertiary/aromatic N) is 2. The van der Waals surface area contributed by atoms with Gasteiger partial charge in [-0.05, 0) is 61.7 Å². The highest BCUT2D eigenvalue weighted by molar-refractivity contribution is 5.87. The number of pyridine rings is 1.